The summed E-state index contributed by atoms with van der Waals surface area (Å²) in [5, 5.41) is 18.2. The van der Waals surface area contributed by atoms with E-state index in [9.17, 15) is 5.11 Å². The van der Waals surface area contributed by atoms with Crippen LogP contribution in [0.2, 0.25) is 0 Å². The Bertz CT molecular complexity index is 976. The smallest absolute Gasteiger partial charge is 0.211 e. The van der Waals surface area contributed by atoms with Crippen LogP contribution >= 0.6 is 27.3 Å². The molecule has 1 heterocycles. The van der Waals surface area contributed by atoms with E-state index in [1.54, 1.807) is 18.2 Å². The van der Waals surface area contributed by atoms with Gasteiger partial charge in [0, 0.05) is 17.1 Å². The standard InChI is InChI=1S/C17H16BrN3O2S/c1-3-23-13-5-6-14-16(9-13)24-17(21(14)2)20-19-10-11-8-12(18)4-7-15(11)22/h4-10,22H,3H2,1-2H3/b19-10+,20-17-. The van der Waals surface area contributed by atoms with Crippen LogP contribution in [-0.2, 0) is 7.05 Å². The van der Waals surface area contributed by atoms with E-state index in [0.717, 1.165) is 25.2 Å². The summed E-state index contributed by atoms with van der Waals surface area (Å²) in [6.07, 6.45) is 1.54. The zero-order chi connectivity index (χ0) is 17.1. The SMILES string of the molecule is CCOc1ccc2c(c1)s/c(=N\N=C\c1cc(Br)ccc1O)n2C. The molecule has 7 heteroatoms. The summed E-state index contributed by atoms with van der Waals surface area (Å²) in [6.45, 7) is 2.60. The zero-order valence-electron chi connectivity index (χ0n) is 13.2. The molecule has 0 unspecified atom stereocenters. The number of hydrogen-bond donors (Lipinski definition) is 1. The van der Waals surface area contributed by atoms with E-state index in [-0.39, 0.29) is 5.75 Å². The molecule has 0 saturated heterocycles. The van der Waals surface area contributed by atoms with Gasteiger partial charge < -0.3 is 14.4 Å². The maximum atomic E-state index is 9.81. The first-order valence-electron chi connectivity index (χ1n) is 7.36. The predicted molar refractivity (Wildman–Crippen MR) is 101 cm³/mol. The molecule has 0 aliphatic heterocycles. The first-order valence-corrected chi connectivity index (χ1v) is 8.97. The highest BCUT2D eigenvalue weighted by molar-refractivity contribution is 9.10. The number of rotatable bonds is 4. The van der Waals surface area contributed by atoms with Gasteiger partial charge in [-0.15, -0.1) is 5.10 Å². The summed E-state index contributed by atoms with van der Waals surface area (Å²) in [7, 11) is 1.95. The molecule has 2 aromatic carbocycles. The Balaban J connectivity index is 1.96. The second-order valence-electron chi connectivity index (χ2n) is 5.05. The van der Waals surface area contributed by atoms with Crippen LogP contribution in [0.4, 0.5) is 0 Å². The number of benzene rings is 2. The minimum absolute atomic E-state index is 0.166. The molecule has 1 N–H and O–H groups in total. The summed E-state index contributed by atoms with van der Waals surface area (Å²) in [5.74, 6) is 1.01. The van der Waals surface area contributed by atoms with E-state index < -0.39 is 0 Å². The third-order valence-electron chi connectivity index (χ3n) is 3.42. The van der Waals surface area contributed by atoms with E-state index in [2.05, 4.69) is 26.1 Å². The molecule has 0 bridgehead atoms. The number of ether oxygens (including phenoxy) is 1. The van der Waals surface area contributed by atoms with E-state index in [4.69, 9.17) is 4.74 Å². The molecule has 0 atom stereocenters. The van der Waals surface area contributed by atoms with Crippen molar-refractivity contribution in [2.45, 2.75) is 6.92 Å². The second kappa shape index (κ2) is 7.19. The van der Waals surface area contributed by atoms with Gasteiger partial charge in [-0.3, -0.25) is 0 Å². The van der Waals surface area contributed by atoms with Crippen LogP contribution in [0.1, 0.15) is 12.5 Å². The Morgan fingerprint density at radius 2 is 2.12 bits per heavy atom. The van der Waals surface area contributed by atoms with E-state index in [1.165, 1.54) is 17.6 Å². The van der Waals surface area contributed by atoms with Crippen molar-refractivity contribution < 1.29 is 9.84 Å². The molecule has 0 aliphatic carbocycles. The first kappa shape index (κ1) is 16.7. The van der Waals surface area contributed by atoms with Crippen LogP contribution in [0.15, 0.2) is 51.1 Å². The minimum Gasteiger partial charge on any atom is -0.507 e. The lowest BCUT2D eigenvalue weighted by atomic mass is 10.2. The average Bonchev–Trinajstić information content (AvgIpc) is 2.87. The normalized spacial score (nSPS) is 12.4. The quantitative estimate of drug-likeness (QED) is 0.525. The molecule has 0 fully saturated rings. The molecule has 0 amide bonds. The molecular formula is C17H16BrN3O2S. The predicted octanol–water partition coefficient (Wildman–Crippen LogP) is 4.04. The topological polar surface area (TPSA) is 59.1 Å². The van der Waals surface area contributed by atoms with Crippen LogP contribution in [-0.4, -0.2) is 22.5 Å². The summed E-state index contributed by atoms with van der Waals surface area (Å²) in [4.78, 5) is 0.768. The molecule has 24 heavy (non-hydrogen) atoms. The Kier molecular flexibility index (Phi) is 5.01. The molecular weight excluding hydrogens is 390 g/mol. The van der Waals surface area contributed by atoms with E-state index in [0.29, 0.717) is 12.2 Å². The van der Waals surface area contributed by atoms with Crippen LogP contribution in [0.5, 0.6) is 11.5 Å². The Labute approximate surface area is 151 Å². The van der Waals surface area contributed by atoms with Gasteiger partial charge in [-0.1, -0.05) is 27.3 Å². The molecule has 0 radical (unpaired) electrons. The van der Waals surface area contributed by atoms with Gasteiger partial charge in [0.2, 0.25) is 4.80 Å². The van der Waals surface area contributed by atoms with Crippen LogP contribution in [0.25, 0.3) is 10.2 Å². The molecule has 124 valence electrons. The van der Waals surface area contributed by atoms with Gasteiger partial charge in [0.1, 0.15) is 11.5 Å². The van der Waals surface area contributed by atoms with Crippen molar-refractivity contribution in [2.24, 2.45) is 17.3 Å². The molecule has 0 spiro atoms. The minimum atomic E-state index is 0.166. The number of aromatic nitrogens is 1. The first-order chi connectivity index (χ1) is 11.6. The molecule has 0 saturated carbocycles. The van der Waals surface area contributed by atoms with Crippen LogP contribution in [0, 0.1) is 0 Å². The van der Waals surface area contributed by atoms with Crippen molar-refractivity contribution in [2.75, 3.05) is 6.61 Å². The zero-order valence-corrected chi connectivity index (χ0v) is 15.6. The van der Waals surface area contributed by atoms with Crippen molar-refractivity contribution in [3.8, 4) is 11.5 Å². The lowest BCUT2D eigenvalue weighted by Crippen LogP contribution is -2.08. The number of aryl methyl sites for hydroxylation is 1. The Morgan fingerprint density at radius 3 is 2.92 bits per heavy atom. The van der Waals surface area contributed by atoms with Crippen LogP contribution < -0.4 is 9.54 Å². The number of phenolic OH excluding ortho intramolecular Hbond substituents is 1. The fourth-order valence-electron chi connectivity index (χ4n) is 2.24. The van der Waals surface area contributed by atoms with E-state index in [1.807, 2.05) is 36.7 Å². The fourth-order valence-corrected chi connectivity index (χ4v) is 3.62. The fraction of sp³-hybridized carbons (Fsp3) is 0.176. The summed E-state index contributed by atoms with van der Waals surface area (Å²) >= 11 is 4.91. The van der Waals surface area contributed by atoms with Gasteiger partial charge in [0.25, 0.3) is 0 Å². The number of fused-ring (bicyclic) bond motifs is 1. The van der Waals surface area contributed by atoms with Gasteiger partial charge in [0.05, 0.1) is 23.0 Å². The Hall–Kier alpha value is -2.12. The van der Waals surface area contributed by atoms with Gasteiger partial charge >= 0.3 is 0 Å². The third kappa shape index (κ3) is 3.52. The largest absolute Gasteiger partial charge is 0.507 e. The van der Waals surface area contributed by atoms with Gasteiger partial charge in [-0.05, 0) is 43.3 Å². The van der Waals surface area contributed by atoms with Gasteiger partial charge in [-0.25, -0.2) is 0 Å². The summed E-state index contributed by atoms with van der Waals surface area (Å²) in [5.41, 5.74) is 1.68. The molecule has 3 aromatic rings. The lowest BCUT2D eigenvalue weighted by Gasteiger charge is -2.02. The van der Waals surface area contributed by atoms with Crippen LogP contribution in [0.3, 0.4) is 0 Å². The van der Waals surface area contributed by atoms with Crippen molar-refractivity contribution >= 4 is 43.7 Å². The maximum Gasteiger partial charge on any atom is 0.211 e. The molecule has 5 nitrogen and oxygen atoms in total. The van der Waals surface area contributed by atoms with Gasteiger partial charge in [0.15, 0.2) is 0 Å². The highest BCUT2D eigenvalue weighted by Crippen LogP contribution is 2.23. The lowest BCUT2D eigenvalue weighted by molar-refractivity contribution is 0.341. The molecule has 1 aromatic heterocycles. The average molecular weight is 406 g/mol. The summed E-state index contributed by atoms with van der Waals surface area (Å²) in [6, 6.07) is 11.1. The van der Waals surface area contributed by atoms with Gasteiger partial charge in [-0.2, -0.15) is 5.10 Å². The number of halogens is 1. The molecule has 0 aliphatic rings. The number of hydrogen-bond acceptors (Lipinski definition) is 5. The van der Waals surface area contributed by atoms with Crippen molar-refractivity contribution in [1.29, 1.82) is 0 Å². The maximum absolute atomic E-state index is 9.81. The number of aromatic hydroxyl groups is 1. The van der Waals surface area contributed by atoms with E-state index >= 15 is 0 Å². The van der Waals surface area contributed by atoms with Crippen molar-refractivity contribution in [3.63, 3.8) is 0 Å². The second-order valence-corrected chi connectivity index (χ2v) is 6.98. The summed E-state index contributed by atoms with van der Waals surface area (Å²) < 4.78 is 9.47. The Morgan fingerprint density at radius 1 is 1.29 bits per heavy atom. The molecule has 3 rings (SSSR count). The van der Waals surface area contributed by atoms with Crippen molar-refractivity contribution in [1.82, 2.24) is 4.57 Å². The number of phenols is 1. The number of nitrogens with zero attached hydrogens (tertiary/aromatic N) is 3. The monoisotopic (exact) mass is 405 g/mol. The third-order valence-corrected chi connectivity index (χ3v) is 5.00. The highest BCUT2D eigenvalue weighted by atomic mass is 79.9. The van der Waals surface area contributed by atoms with Crippen molar-refractivity contribution in [3.05, 3.63) is 51.2 Å². The number of thiazole rings is 1. The highest BCUT2D eigenvalue weighted by Gasteiger charge is 2.04.